The van der Waals surface area contributed by atoms with Gasteiger partial charge in [-0.25, -0.2) is 17.9 Å². The van der Waals surface area contributed by atoms with Crippen LogP contribution in [0.3, 0.4) is 0 Å². The molecule has 1 fully saturated rings. The van der Waals surface area contributed by atoms with Crippen molar-refractivity contribution in [3.63, 3.8) is 0 Å². The summed E-state index contributed by atoms with van der Waals surface area (Å²) in [5, 5.41) is 4.15. The summed E-state index contributed by atoms with van der Waals surface area (Å²) in [6.45, 7) is 2.41. The van der Waals surface area contributed by atoms with Crippen molar-refractivity contribution < 1.29 is 17.9 Å². The molecule has 27 heavy (non-hydrogen) atoms. The van der Waals surface area contributed by atoms with Crippen molar-refractivity contribution >= 4 is 10.0 Å². The van der Waals surface area contributed by atoms with Crippen molar-refractivity contribution in [1.29, 1.82) is 0 Å². The Morgan fingerprint density at radius 1 is 1.15 bits per heavy atom. The lowest BCUT2D eigenvalue weighted by molar-refractivity contribution is 0.266. The molecular formula is C17H24N4O5S. The zero-order valence-electron chi connectivity index (χ0n) is 15.9. The van der Waals surface area contributed by atoms with Crippen LogP contribution in [0.5, 0.6) is 11.5 Å². The van der Waals surface area contributed by atoms with Crippen molar-refractivity contribution in [2.75, 3.05) is 27.3 Å². The Morgan fingerprint density at radius 2 is 1.81 bits per heavy atom. The fourth-order valence-electron chi connectivity index (χ4n) is 3.49. The van der Waals surface area contributed by atoms with Crippen molar-refractivity contribution in [1.82, 2.24) is 18.7 Å². The molecule has 0 saturated carbocycles. The minimum absolute atomic E-state index is 0.0649. The summed E-state index contributed by atoms with van der Waals surface area (Å²) in [6, 6.07) is 4.64. The molecule has 3 rings (SSSR count). The average molecular weight is 396 g/mol. The predicted octanol–water partition coefficient (Wildman–Crippen LogP) is 0.933. The van der Waals surface area contributed by atoms with E-state index in [2.05, 4.69) is 5.10 Å². The zero-order valence-corrected chi connectivity index (χ0v) is 16.7. The molecule has 1 aromatic carbocycles. The smallest absolute Gasteiger partial charge is 0.345 e. The summed E-state index contributed by atoms with van der Waals surface area (Å²) in [5.41, 5.74) is -0.178. The average Bonchev–Trinajstić information content (AvgIpc) is 2.93. The number of ether oxygens (including phenoxy) is 2. The maximum absolute atomic E-state index is 13.1. The van der Waals surface area contributed by atoms with Gasteiger partial charge in [-0.05, 0) is 31.9 Å². The molecule has 2 heterocycles. The Bertz CT molecular complexity index is 987. The number of nitrogens with zero attached hydrogens (tertiary/aromatic N) is 4. The first-order valence-electron chi connectivity index (χ1n) is 8.64. The van der Waals surface area contributed by atoms with Crippen LogP contribution in [0.2, 0.25) is 0 Å². The maximum atomic E-state index is 13.1. The highest BCUT2D eigenvalue weighted by Crippen LogP contribution is 2.33. The predicted molar refractivity (Wildman–Crippen MR) is 98.8 cm³/mol. The third-order valence-corrected chi connectivity index (χ3v) is 6.82. The van der Waals surface area contributed by atoms with E-state index in [0.717, 1.165) is 0 Å². The Hall–Kier alpha value is -2.33. The molecule has 1 aliphatic rings. The second kappa shape index (κ2) is 7.35. The van der Waals surface area contributed by atoms with Crippen LogP contribution in [0.4, 0.5) is 0 Å². The summed E-state index contributed by atoms with van der Waals surface area (Å²) in [6.07, 6.45) is 1.08. The summed E-state index contributed by atoms with van der Waals surface area (Å²) in [7, 11) is 0.793. The summed E-state index contributed by atoms with van der Waals surface area (Å²) >= 11 is 0. The van der Waals surface area contributed by atoms with Gasteiger partial charge >= 0.3 is 5.69 Å². The molecule has 1 aromatic heterocycles. The molecule has 0 bridgehead atoms. The largest absolute Gasteiger partial charge is 0.497 e. The number of aromatic nitrogens is 3. The second-order valence-electron chi connectivity index (χ2n) is 6.48. The van der Waals surface area contributed by atoms with Crippen molar-refractivity contribution in [3.8, 4) is 11.5 Å². The minimum Gasteiger partial charge on any atom is -0.497 e. The summed E-state index contributed by atoms with van der Waals surface area (Å²) < 4.78 is 41.0. The van der Waals surface area contributed by atoms with Gasteiger partial charge in [0.15, 0.2) is 0 Å². The molecule has 1 saturated heterocycles. The SMILES string of the molecule is COc1ccc(OC)c(S(=O)(=O)N2CCC(n3c(C)nn(C)c3=O)CC2)c1. The van der Waals surface area contributed by atoms with Gasteiger partial charge in [-0.1, -0.05) is 0 Å². The number of methoxy groups -OCH3 is 2. The lowest BCUT2D eigenvalue weighted by Crippen LogP contribution is -2.41. The zero-order chi connectivity index (χ0) is 19.8. The van der Waals surface area contributed by atoms with E-state index >= 15 is 0 Å². The Labute approximate surface area is 158 Å². The minimum atomic E-state index is -3.74. The van der Waals surface area contributed by atoms with Gasteiger partial charge in [-0.2, -0.15) is 9.40 Å². The topological polar surface area (TPSA) is 95.7 Å². The molecule has 0 aliphatic carbocycles. The molecule has 2 aromatic rings. The van der Waals surface area contributed by atoms with Gasteiger partial charge in [0.1, 0.15) is 22.2 Å². The molecule has 0 amide bonds. The first-order chi connectivity index (χ1) is 12.8. The van der Waals surface area contributed by atoms with Gasteiger partial charge in [0.2, 0.25) is 10.0 Å². The van der Waals surface area contributed by atoms with E-state index in [9.17, 15) is 13.2 Å². The van der Waals surface area contributed by atoms with E-state index in [1.54, 1.807) is 30.7 Å². The first kappa shape index (κ1) is 19.4. The number of hydrogen-bond donors (Lipinski definition) is 0. The van der Waals surface area contributed by atoms with E-state index < -0.39 is 10.0 Å². The molecule has 148 valence electrons. The Morgan fingerprint density at radius 3 is 2.33 bits per heavy atom. The van der Waals surface area contributed by atoms with Gasteiger partial charge in [0, 0.05) is 32.2 Å². The second-order valence-corrected chi connectivity index (χ2v) is 8.38. The number of sulfonamides is 1. The first-order valence-corrected chi connectivity index (χ1v) is 10.1. The standard InChI is InChI=1S/C17H24N4O5S/c1-12-18-19(2)17(22)21(12)13-7-9-20(10-8-13)27(23,24)16-11-14(25-3)5-6-15(16)26-4/h5-6,11,13H,7-10H2,1-4H3. The van der Waals surface area contributed by atoms with Crippen molar-refractivity contribution in [2.45, 2.75) is 30.7 Å². The summed E-state index contributed by atoms with van der Waals surface area (Å²) in [5.74, 6) is 1.36. The fourth-order valence-corrected chi connectivity index (χ4v) is 5.13. The molecule has 10 heteroatoms. The Kier molecular flexibility index (Phi) is 5.29. The molecule has 0 spiro atoms. The van der Waals surface area contributed by atoms with Crippen LogP contribution in [0.25, 0.3) is 0 Å². The van der Waals surface area contributed by atoms with E-state index in [1.807, 2.05) is 0 Å². The highest BCUT2D eigenvalue weighted by Gasteiger charge is 2.33. The normalized spacial score (nSPS) is 16.4. The Balaban J connectivity index is 1.84. The van der Waals surface area contributed by atoms with Crippen LogP contribution >= 0.6 is 0 Å². The van der Waals surface area contributed by atoms with Crippen LogP contribution < -0.4 is 15.2 Å². The van der Waals surface area contributed by atoms with E-state index in [1.165, 1.54) is 29.3 Å². The molecule has 1 aliphatic heterocycles. The third-order valence-electron chi connectivity index (χ3n) is 4.90. The number of hydrogen-bond acceptors (Lipinski definition) is 6. The van der Waals surface area contributed by atoms with Crippen molar-refractivity contribution in [2.24, 2.45) is 7.05 Å². The van der Waals surface area contributed by atoms with Crippen LogP contribution in [-0.2, 0) is 17.1 Å². The summed E-state index contributed by atoms with van der Waals surface area (Å²) in [4.78, 5) is 12.3. The van der Waals surface area contributed by atoms with E-state index in [4.69, 9.17) is 9.47 Å². The fraction of sp³-hybridized carbons (Fsp3) is 0.529. The highest BCUT2D eigenvalue weighted by atomic mass is 32.2. The van der Waals surface area contributed by atoms with Gasteiger partial charge in [0.05, 0.1) is 14.2 Å². The quantitative estimate of drug-likeness (QED) is 0.746. The van der Waals surface area contributed by atoms with Gasteiger partial charge in [-0.3, -0.25) is 4.57 Å². The van der Waals surface area contributed by atoms with Crippen molar-refractivity contribution in [3.05, 3.63) is 34.5 Å². The number of benzene rings is 1. The van der Waals surface area contributed by atoms with E-state index in [-0.39, 0.29) is 22.4 Å². The molecule has 0 unspecified atom stereocenters. The van der Waals surface area contributed by atoms with Gasteiger partial charge in [-0.15, -0.1) is 0 Å². The molecule has 0 N–H and O–H groups in total. The molecule has 9 nitrogen and oxygen atoms in total. The van der Waals surface area contributed by atoms with Crippen LogP contribution in [0.15, 0.2) is 27.9 Å². The molecular weight excluding hydrogens is 372 g/mol. The number of rotatable bonds is 5. The molecule has 0 atom stereocenters. The van der Waals surface area contributed by atoms with Gasteiger partial charge in [0.25, 0.3) is 0 Å². The number of aryl methyl sites for hydroxylation is 2. The highest BCUT2D eigenvalue weighted by molar-refractivity contribution is 7.89. The lowest BCUT2D eigenvalue weighted by Gasteiger charge is -2.32. The lowest BCUT2D eigenvalue weighted by atomic mass is 10.1. The number of piperidine rings is 1. The monoisotopic (exact) mass is 396 g/mol. The van der Waals surface area contributed by atoms with E-state index in [0.29, 0.717) is 37.5 Å². The maximum Gasteiger partial charge on any atom is 0.345 e. The van der Waals surface area contributed by atoms with Gasteiger partial charge < -0.3 is 9.47 Å². The molecule has 0 radical (unpaired) electrons. The van der Waals surface area contributed by atoms with Crippen LogP contribution in [0.1, 0.15) is 24.7 Å². The van der Waals surface area contributed by atoms with Crippen LogP contribution in [-0.4, -0.2) is 54.4 Å². The van der Waals surface area contributed by atoms with Crippen LogP contribution in [0, 0.1) is 6.92 Å². The third kappa shape index (κ3) is 3.46.